The zero-order chi connectivity index (χ0) is 12.4. The van der Waals surface area contributed by atoms with E-state index in [0.29, 0.717) is 0 Å². The first-order valence-corrected chi connectivity index (χ1v) is 4.25. The fourth-order valence-electron chi connectivity index (χ4n) is 1.16. The van der Waals surface area contributed by atoms with E-state index in [-0.39, 0.29) is 5.56 Å². The van der Waals surface area contributed by atoms with Gasteiger partial charge in [-0.05, 0) is 0 Å². The van der Waals surface area contributed by atoms with Crippen molar-refractivity contribution < 1.29 is 31.2 Å². The SMILES string of the molecule is FC(F)(F)[NH+](Cc1ccccc1)C(F)(F)F. The molecule has 0 spiro atoms. The van der Waals surface area contributed by atoms with Crippen LogP contribution >= 0.6 is 0 Å². The summed E-state index contributed by atoms with van der Waals surface area (Å²) in [7, 11) is 0. The van der Waals surface area contributed by atoms with Gasteiger partial charge in [0.05, 0.1) is 0 Å². The molecule has 1 N–H and O–H groups in total. The molecule has 16 heavy (non-hydrogen) atoms. The number of benzene rings is 1. The zero-order valence-corrected chi connectivity index (χ0v) is 7.86. The second kappa shape index (κ2) is 4.32. The minimum atomic E-state index is -5.35. The Kier molecular flexibility index (Phi) is 3.47. The van der Waals surface area contributed by atoms with Gasteiger partial charge in [-0.3, -0.25) is 0 Å². The Morgan fingerprint density at radius 1 is 0.812 bits per heavy atom. The molecule has 0 saturated heterocycles. The van der Waals surface area contributed by atoms with Crippen LogP contribution in [0.1, 0.15) is 5.56 Å². The Morgan fingerprint density at radius 2 is 1.25 bits per heavy atom. The molecule has 0 fully saturated rings. The van der Waals surface area contributed by atoms with E-state index in [1.807, 2.05) is 0 Å². The lowest BCUT2D eigenvalue weighted by atomic mass is 10.2. The van der Waals surface area contributed by atoms with Gasteiger partial charge in [-0.15, -0.1) is 31.2 Å². The molecule has 0 heterocycles. The summed E-state index contributed by atoms with van der Waals surface area (Å²) in [6, 6.07) is 6.73. The van der Waals surface area contributed by atoms with Crippen LogP contribution in [0.15, 0.2) is 30.3 Å². The number of hydrogen-bond acceptors (Lipinski definition) is 0. The van der Waals surface area contributed by atoms with Crippen LogP contribution in [0.5, 0.6) is 0 Å². The first kappa shape index (κ1) is 12.8. The normalized spacial score (nSPS) is 13.2. The molecule has 7 heteroatoms. The van der Waals surface area contributed by atoms with Crippen molar-refractivity contribution in [2.75, 3.05) is 0 Å². The third kappa shape index (κ3) is 3.41. The fourth-order valence-corrected chi connectivity index (χ4v) is 1.16. The molecule has 1 rings (SSSR count). The molecule has 0 aromatic heterocycles. The van der Waals surface area contributed by atoms with Crippen molar-refractivity contribution in [1.29, 1.82) is 0 Å². The molecule has 1 aromatic rings. The molecular weight excluding hydrogens is 236 g/mol. The lowest BCUT2D eigenvalue weighted by molar-refractivity contribution is -1.10. The highest BCUT2D eigenvalue weighted by Gasteiger charge is 2.59. The average Bonchev–Trinajstić information content (AvgIpc) is 2.12. The van der Waals surface area contributed by atoms with Gasteiger partial charge >= 0.3 is 12.6 Å². The highest BCUT2D eigenvalue weighted by atomic mass is 19.4. The Morgan fingerprint density at radius 3 is 1.62 bits per heavy atom. The maximum atomic E-state index is 12.1. The summed E-state index contributed by atoms with van der Waals surface area (Å²) in [5.74, 6) is 0. The molecule has 0 atom stereocenters. The van der Waals surface area contributed by atoms with Crippen molar-refractivity contribution in [2.24, 2.45) is 0 Å². The van der Waals surface area contributed by atoms with Gasteiger partial charge in [0.1, 0.15) is 6.54 Å². The average molecular weight is 244 g/mol. The third-order valence-corrected chi connectivity index (χ3v) is 1.91. The molecule has 0 aliphatic heterocycles. The molecule has 0 aliphatic rings. The first-order valence-electron chi connectivity index (χ1n) is 4.25. The van der Waals surface area contributed by atoms with Gasteiger partial charge in [-0.1, -0.05) is 30.3 Å². The number of hydrogen-bond donors (Lipinski definition) is 1. The summed E-state index contributed by atoms with van der Waals surface area (Å²) in [6.07, 6.45) is -10.7. The highest BCUT2D eigenvalue weighted by Crippen LogP contribution is 2.15. The Hall–Kier alpha value is -1.24. The molecule has 1 aromatic carbocycles. The maximum Gasteiger partial charge on any atom is 0.567 e. The number of halogens is 6. The largest absolute Gasteiger partial charge is 0.567 e. The molecule has 0 bridgehead atoms. The minimum absolute atomic E-state index is 0.0212. The molecule has 1 nitrogen and oxygen atoms in total. The number of nitrogens with one attached hydrogen (secondary N) is 1. The van der Waals surface area contributed by atoms with Crippen molar-refractivity contribution in [3.05, 3.63) is 35.9 Å². The van der Waals surface area contributed by atoms with Crippen molar-refractivity contribution in [2.45, 2.75) is 19.1 Å². The summed E-state index contributed by atoms with van der Waals surface area (Å²) >= 11 is 0. The van der Waals surface area contributed by atoms with Crippen molar-refractivity contribution >= 4 is 0 Å². The van der Waals surface area contributed by atoms with Crippen LogP contribution in [0.3, 0.4) is 0 Å². The van der Waals surface area contributed by atoms with Crippen LogP contribution in [0.25, 0.3) is 0 Å². The van der Waals surface area contributed by atoms with Crippen LogP contribution in [-0.4, -0.2) is 12.6 Å². The van der Waals surface area contributed by atoms with E-state index < -0.39 is 24.0 Å². The van der Waals surface area contributed by atoms with E-state index in [1.54, 1.807) is 0 Å². The Bertz CT molecular complexity index is 314. The summed E-state index contributed by atoms with van der Waals surface area (Å²) in [5.41, 5.74) is -0.0212. The number of alkyl halides is 6. The van der Waals surface area contributed by atoms with Gasteiger partial charge in [-0.2, -0.15) is 0 Å². The van der Waals surface area contributed by atoms with Crippen molar-refractivity contribution in [3.8, 4) is 0 Å². The van der Waals surface area contributed by atoms with Crippen LogP contribution < -0.4 is 4.90 Å². The van der Waals surface area contributed by atoms with Gasteiger partial charge < -0.3 is 0 Å². The number of rotatable bonds is 2. The summed E-state index contributed by atoms with van der Waals surface area (Å²) < 4.78 is 72.9. The Labute approximate surface area is 87.3 Å². The quantitative estimate of drug-likeness (QED) is 0.600. The molecule has 0 saturated carbocycles. The zero-order valence-electron chi connectivity index (χ0n) is 7.86. The van der Waals surface area contributed by atoms with Gasteiger partial charge in [0.25, 0.3) is 0 Å². The Balaban J connectivity index is 2.89. The fraction of sp³-hybridized carbons (Fsp3) is 0.333. The topological polar surface area (TPSA) is 4.44 Å². The maximum absolute atomic E-state index is 12.1. The molecule has 0 aliphatic carbocycles. The summed E-state index contributed by atoms with van der Waals surface area (Å²) in [6.45, 7) is -1.16. The van der Waals surface area contributed by atoms with Crippen molar-refractivity contribution in [3.63, 3.8) is 0 Å². The van der Waals surface area contributed by atoms with Crippen LogP contribution in [-0.2, 0) is 6.54 Å². The molecule has 90 valence electrons. The molecule has 0 amide bonds. The van der Waals surface area contributed by atoms with E-state index in [4.69, 9.17) is 0 Å². The molecule has 0 radical (unpaired) electrons. The van der Waals surface area contributed by atoms with Gasteiger partial charge in [0.2, 0.25) is 0 Å². The van der Waals surface area contributed by atoms with Crippen LogP contribution in [0.4, 0.5) is 26.3 Å². The molecule has 0 unspecified atom stereocenters. The van der Waals surface area contributed by atoms with Crippen molar-refractivity contribution in [1.82, 2.24) is 0 Å². The van der Waals surface area contributed by atoms with E-state index in [9.17, 15) is 26.3 Å². The van der Waals surface area contributed by atoms with Crippen LogP contribution in [0, 0.1) is 0 Å². The first-order chi connectivity index (χ1) is 7.21. The van der Waals surface area contributed by atoms with E-state index >= 15 is 0 Å². The standard InChI is InChI=1S/C9H7F6N/c10-8(11,12)16(9(13,14)15)6-7-4-2-1-3-5-7/h1-5H,6H2/p+1. The summed E-state index contributed by atoms with van der Waals surface area (Å²) in [5, 5.41) is 0. The van der Waals surface area contributed by atoms with Gasteiger partial charge in [0.15, 0.2) is 0 Å². The van der Waals surface area contributed by atoms with Gasteiger partial charge in [0, 0.05) is 5.56 Å². The van der Waals surface area contributed by atoms with E-state index in [1.165, 1.54) is 30.3 Å². The van der Waals surface area contributed by atoms with Gasteiger partial charge in [-0.25, -0.2) is 0 Å². The predicted molar refractivity (Wildman–Crippen MR) is 43.2 cm³/mol. The number of quaternary nitrogens is 1. The lowest BCUT2D eigenvalue weighted by Crippen LogP contribution is -3.22. The third-order valence-electron chi connectivity index (χ3n) is 1.91. The van der Waals surface area contributed by atoms with E-state index in [0.717, 1.165) is 0 Å². The predicted octanol–water partition coefficient (Wildman–Crippen LogP) is 2.11. The molecular formula is C9H8F6N+. The smallest absolute Gasteiger partial charge is 0.146 e. The lowest BCUT2D eigenvalue weighted by Gasteiger charge is -2.22. The minimum Gasteiger partial charge on any atom is -0.146 e. The summed E-state index contributed by atoms with van der Waals surface area (Å²) in [4.78, 5) is -2.38. The second-order valence-electron chi connectivity index (χ2n) is 3.14. The highest BCUT2D eigenvalue weighted by molar-refractivity contribution is 5.13. The van der Waals surface area contributed by atoms with E-state index in [2.05, 4.69) is 0 Å². The monoisotopic (exact) mass is 244 g/mol. The van der Waals surface area contributed by atoms with Crippen LogP contribution in [0.2, 0.25) is 0 Å². The second-order valence-corrected chi connectivity index (χ2v) is 3.14.